The lowest BCUT2D eigenvalue weighted by molar-refractivity contribution is -0.117. The molecule has 0 aliphatic carbocycles. The molecule has 24 heavy (non-hydrogen) atoms. The Labute approximate surface area is 145 Å². The molecule has 3 rings (SSSR count). The van der Waals surface area contributed by atoms with E-state index in [1.807, 2.05) is 23.6 Å². The number of aromatic nitrogens is 1. The van der Waals surface area contributed by atoms with Crippen LogP contribution in [0.25, 0.3) is 0 Å². The number of rotatable bonds is 6. The van der Waals surface area contributed by atoms with Crippen LogP contribution in [0.15, 0.2) is 29.8 Å². The summed E-state index contributed by atoms with van der Waals surface area (Å²) >= 11 is 1.42. The SMILES string of the molecule is COc1ccc(OC)c([C@H]2CCCN2CC(=O)Nc2nccs2)c1. The molecule has 2 aromatic rings. The minimum absolute atomic E-state index is 0.0429. The smallest absolute Gasteiger partial charge is 0.240 e. The number of nitrogens with zero attached hydrogens (tertiary/aromatic N) is 2. The maximum Gasteiger partial charge on any atom is 0.240 e. The van der Waals surface area contributed by atoms with Gasteiger partial charge < -0.3 is 14.8 Å². The van der Waals surface area contributed by atoms with E-state index in [9.17, 15) is 4.79 Å². The highest BCUT2D eigenvalue weighted by atomic mass is 32.1. The first-order valence-corrected chi connectivity index (χ1v) is 8.74. The second-order valence-electron chi connectivity index (χ2n) is 5.62. The minimum atomic E-state index is -0.0429. The van der Waals surface area contributed by atoms with Gasteiger partial charge in [0, 0.05) is 23.2 Å². The lowest BCUT2D eigenvalue weighted by Crippen LogP contribution is -2.33. The first-order chi connectivity index (χ1) is 11.7. The number of benzene rings is 1. The zero-order valence-electron chi connectivity index (χ0n) is 13.8. The molecule has 0 spiro atoms. The molecule has 1 aromatic carbocycles. The highest BCUT2D eigenvalue weighted by Crippen LogP contribution is 2.38. The van der Waals surface area contributed by atoms with Crippen molar-refractivity contribution in [3.63, 3.8) is 0 Å². The molecule has 1 fully saturated rings. The molecule has 1 atom stereocenters. The first-order valence-electron chi connectivity index (χ1n) is 7.86. The number of ether oxygens (including phenoxy) is 2. The van der Waals surface area contributed by atoms with Gasteiger partial charge in [-0.05, 0) is 37.6 Å². The fourth-order valence-corrected chi connectivity index (χ4v) is 3.64. The Morgan fingerprint density at radius 2 is 2.29 bits per heavy atom. The zero-order chi connectivity index (χ0) is 16.9. The number of likely N-dealkylation sites (tertiary alicyclic amines) is 1. The van der Waals surface area contributed by atoms with Crippen LogP contribution in [-0.2, 0) is 4.79 Å². The van der Waals surface area contributed by atoms with E-state index < -0.39 is 0 Å². The minimum Gasteiger partial charge on any atom is -0.497 e. The second-order valence-corrected chi connectivity index (χ2v) is 6.52. The van der Waals surface area contributed by atoms with Crippen molar-refractivity contribution in [2.24, 2.45) is 0 Å². The van der Waals surface area contributed by atoms with E-state index in [0.29, 0.717) is 11.7 Å². The van der Waals surface area contributed by atoms with Crippen molar-refractivity contribution in [3.8, 4) is 11.5 Å². The monoisotopic (exact) mass is 347 g/mol. The molecule has 128 valence electrons. The molecule has 0 saturated carbocycles. The highest BCUT2D eigenvalue weighted by Gasteiger charge is 2.30. The van der Waals surface area contributed by atoms with Crippen LogP contribution in [0.3, 0.4) is 0 Å². The van der Waals surface area contributed by atoms with Gasteiger partial charge >= 0.3 is 0 Å². The highest BCUT2D eigenvalue weighted by molar-refractivity contribution is 7.13. The Hall–Kier alpha value is -2.12. The molecule has 1 saturated heterocycles. The molecule has 0 bridgehead atoms. The summed E-state index contributed by atoms with van der Waals surface area (Å²) in [6.45, 7) is 1.22. The molecule has 1 N–H and O–H groups in total. The number of hydrogen-bond donors (Lipinski definition) is 1. The van der Waals surface area contributed by atoms with Crippen molar-refractivity contribution in [1.29, 1.82) is 0 Å². The average molecular weight is 347 g/mol. The van der Waals surface area contributed by atoms with E-state index in [1.54, 1.807) is 20.4 Å². The van der Waals surface area contributed by atoms with Crippen molar-refractivity contribution >= 4 is 22.4 Å². The average Bonchev–Trinajstić information content (AvgIpc) is 3.26. The van der Waals surface area contributed by atoms with Gasteiger partial charge in [0.15, 0.2) is 5.13 Å². The van der Waals surface area contributed by atoms with E-state index in [-0.39, 0.29) is 11.9 Å². The lowest BCUT2D eigenvalue weighted by atomic mass is 10.0. The van der Waals surface area contributed by atoms with Crippen molar-refractivity contribution in [2.75, 3.05) is 32.6 Å². The molecule has 0 radical (unpaired) electrons. The van der Waals surface area contributed by atoms with Crippen molar-refractivity contribution in [3.05, 3.63) is 35.3 Å². The van der Waals surface area contributed by atoms with Crippen LogP contribution in [0.4, 0.5) is 5.13 Å². The maximum atomic E-state index is 12.3. The Kier molecular flexibility index (Phi) is 5.32. The van der Waals surface area contributed by atoms with Crippen LogP contribution in [0, 0.1) is 0 Å². The fourth-order valence-electron chi connectivity index (χ4n) is 3.10. The van der Waals surface area contributed by atoms with Crippen molar-refractivity contribution in [1.82, 2.24) is 9.88 Å². The summed E-state index contributed by atoms with van der Waals surface area (Å²) in [6, 6.07) is 5.95. The number of carbonyl (C=O) groups excluding carboxylic acids is 1. The molecular formula is C17H21N3O3S. The molecule has 7 heteroatoms. The maximum absolute atomic E-state index is 12.3. The number of hydrogen-bond acceptors (Lipinski definition) is 6. The van der Waals surface area contributed by atoms with Gasteiger partial charge in [0.25, 0.3) is 0 Å². The Morgan fingerprint density at radius 3 is 3.00 bits per heavy atom. The number of thiazole rings is 1. The van der Waals surface area contributed by atoms with Gasteiger partial charge in [0.05, 0.1) is 20.8 Å². The standard InChI is InChI=1S/C17H21N3O3S/c1-22-12-5-6-15(23-2)13(10-12)14-4-3-8-20(14)11-16(21)19-17-18-7-9-24-17/h5-7,9-10,14H,3-4,8,11H2,1-2H3,(H,18,19,21)/t14-/m1/s1. The van der Waals surface area contributed by atoms with Gasteiger partial charge in [0.1, 0.15) is 11.5 Å². The molecule has 1 aliphatic rings. The topological polar surface area (TPSA) is 63.7 Å². The predicted octanol–water partition coefficient (Wildman–Crippen LogP) is 2.94. The van der Waals surface area contributed by atoms with E-state index >= 15 is 0 Å². The summed E-state index contributed by atoms with van der Waals surface area (Å²) in [5.74, 6) is 1.58. The van der Waals surface area contributed by atoms with E-state index in [1.165, 1.54) is 11.3 Å². The summed E-state index contributed by atoms with van der Waals surface area (Å²) in [5, 5.41) is 5.32. The fraction of sp³-hybridized carbons (Fsp3) is 0.412. The third-order valence-electron chi connectivity index (χ3n) is 4.18. The van der Waals surface area contributed by atoms with Crippen LogP contribution >= 0.6 is 11.3 Å². The first kappa shape index (κ1) is 16.7. The van der Waals surface area contributed by atoms with Gasteiger partial charge in [-0.3, -0.25) is 9.69 Å². The Bertz CT molecular complexity index is 690. The summed E-state index contributed by atoms with van der Waals surface area (Å²) in [4.78, 5) is 18.5. The Morgan fingerprint density at radius 1 is 1.42 bits per heavy atom. The molecule has 6 nitrogen and oxygen atoms in total. The van der Waals surface area contributed by atoms with Crippen molar-refractivity contribution < 1.29 is 14.3 Å². The third-order valence-corrected chi connectivity index (χ3v) is 4.87. The third kappa shape index (κ3) is 3.68. The van der Waals surface area contributed by atoms with Gasteiger partial charge in [-0.2, -0.15) is 0 Å². The molecule has 1 amide bonds. The van der Waals surface area contributed by atoms with Crippen LogP contribution in [0.5, 0.6) is 11.5 Å². The van der Waals surface area contributed by atoms with Crippen LogP contribution < -0.4 is 14.8 Å². The number of methoxy groups -OCH3 is 2. The van der Waals surface area contributed by atoms with Crippen LogP contribution in [-0.4, -0.2) is 43.1 Å². The Balaban J connectivity index is 1.74. The van der Waals surface area contributed by atoms with Gasteiger partial charge in [0.2, 0.25) is 5.91 Å². The molecule has 0 unspecified atom stereocenters. The summed E-state index contributed by atoms with van der Waals surface area (Å²) < 4.78 is 10.8. The molecule has 1 aliphatic heterocycles. The van der Waals surface area contributed by atoms with E-state index in [4.69, 9.17) is 9.47 Å². The van der Waals surface area contributed by atoms with Gasteiger partial charge in [-0.15, -0.1) is 11.3 Å². The number of nitrogens with one attached hydrogen (secondary N) is 1. The summed E-state index contributed by atoms with van der Waals surface area (Å²) in [6.07, 6.45) is 3.73. The molecular weight excluding hydrogens is 326 g/mol. The van der Waals surface area contributed by atoms with Crippen LogP contribution in [0.2, 0.25) is 0 Å². The van der Waals surface area contributed by atoms with Crippen molar-refractivity contribution in [2.45, 2.75) is 18.9 Å². The van der Waals surface area contributed by atoms with E-state index in [2.05, 4.69) is 15.2 Å². The number of carbonyl (C=O) groups is 1. The zero-order valence-corrected chi connectivity index (χ0v) is 14.6. The van der Waals surface area contributed by atoms with Gasteiger partial charge in [-0.25, -0.2) is 4.98 Å². The largest absolute Gasteiger partial charge is 0.497 e. The summed E-state index contributed by atoms with van der Waals surface area (Å²) in [7, 11) is 3.32. The van der Waals surface area contributed by atoms with E-state index in [0.717, 1.165) is 36.4 Å². The predicted molar refractivity (Wildman–Crippen MR) is 93.8 cm³/mol. The van der Waals surface area contributed by atoms with Gasteiger partial charge in [-0.1, -0.05) is 0 Å². The second kappa shape index (κ2) is 7.63. The lowest BCUT2D eigenvalue weighted by Gasteiger charge is -2.25. The normalized spacial score (nSPS) is 17.7. The quantitative estimate of drug-likeness (QED) is 0.870. The number of amides is 1. The summed E-state index contributed by atoms with van der Waals surface area (Å²) in [5.41, 5.74) is 1.07. The molecule has 1 aromatic heterocycles. The number of anilines is 1. The molecule has 2 heterocycles. The van der Waals surface area contributed by atoms with Crippen LogP contribution in [0.1, 0.15) is 24.4 Å².